The van der Waals surface area contributed by atoms with Gasteiger partial charge in [0.2, 0.25) is 5.91 Å². The average molecular weight is 212 g/mol. The second-order valence-electron chi connectivity index (χ2n) is 3.41. The van der Waals surface area contributed by atoms with E-state index in [1.165, 1.54) is 13.0 Å². The van der Waals surface area contributed by atoms with Crippen molar-refractivity contribution in [3.05, 3.63) is 12.7 Å². The molecule has 5 heteroatoms. The summed E-state index contributed by atoms with van der Waals surface area (Å²) in [5, 5.41) is 0. The highest BCUT2D eigenvalue weighted by Gasteiger charge is 2.19. The Morgan fingerprint density at radius 2 is 1.93 bits per heavy atom. The minimum Gasteiger partial charge on any atom is -0.450 e. The van der Waals surface area contributed by atoms with Gasteiger partial charge in [-0.15, -0.1) is 0 Å². The van der Waals surface area contributed by atoms with Crippen molar-refractivity contribution in [1.82, 2.24) is 9.80 Å². The summed E-state index contributed by atoms with van der Waals surface area (Å²) in [4.78, 5) is 25.5. The third-order valence-electron chi connectivity index (χ3n) is 2.31. The van der Waals surface area contributed by atoms with E-state index in [9.17, 15) is 9.59 Å². The van der Waals surface area contributed by atoms with Crippen LogP contribution < -0.4 is 0 Å². The summed E-state index contributed by atoms with van der Waals surface area (Å²) in [5.41, 5.74) is 0. The van der Waals surface area contributed by atoms with E-state index in [0.717, 1.165) is 13.1 Å². The number of carbonyl (C=O) groups is 2. The van der Waals surface area contributed by atoms with Crippen LogP contribution >= 0.6 is 0 Å². The maximum atomic E-state index is 11.2. The van der Waals surface area contributed by atoms with E-state index >= 15 is 0 Å². The van der Waals surface area contributed by atoms with E-state index in [4.69, 9.17) is 4.74 Å². The zero-order chi connectivity index (χ0) is 11.3. The molecule has 0 N–H and O–H groups in total. The van der Waals surface area contributed by atoms with Crippen LogP contribution in [0.15, 0.2) is 12.7 Å². The first kappa shape index (κ1) is 11.7. The number of rotatable bonds is 3. The molecular weight excluding hydrogens is 196 g/mol. The molecule has 1 aliphatic rings. The third-order valence-corrected chi connectivity index (χ3v) is 2.31. The lowest BCUT2D eigenvalue weighted by Gasteiger charge is -2.33. The molecule has 84 valence electrons. The molecular formula is C10H16N2O3. The number of piperazine rings is 1. The summed E-state index contributed by atoms with van der Waals surface area (Å²) in [6.45, 7) is 7.91. The van der Waals surface area contributed by atoms with Crippen molar-refractivity contribution in [3.8, 4) is 0 Å². The second kappa shape index (κ2) is 5.50. The summed E-state index contributed by atoms with van der Waals surface area (Å²) < 4.78 is 4.87. The Morgan fingerprint density at radius 1 is 1.33 bits per heavy atom. The Morgan fingerprint density at radius 3 is 2.40 bits per heavy atom. The molecule has 0 bridgehead atoms. The highest BCUT2D eigenvalue weighted by atomic mass is 16.5. The first-order chi connectivity index (χ1) is 7.13. The van der Waals surface area contributed by atoms with Crippen molar-refractivity contribution < 1.29 is 14.3 Å². The van der Waals surface area contributed by atoms with E-state index < -0.39 is 0 Å². The summed E-state index contributed by atoms with van der Waals surface area (Å²) >= 11 is 0. The standard InChI is InChI=1S/C10H16N2O3/c1-3-10(14)12-6-4-11(5-7-12)8-15-9(2)13/h3H,1,4-8H2,2H3. The molecule has 1 rings (SSSR count). The largest absolute Gasteiger partial charge is 0.450 e. The fourth-order valence-electron chi connectivity index (χ4n) is 1.41. The maximum absolute atomic E-state index is 11.2. The van der Waals surface area contributed by atoms with Crippen molar-refractivity contribution in [2.75, 3.05) is 32.9 Å². The van der Waals surface area contributed by atoms with Gasteiger partial charge in [0.05, 0.1) is 0 Å². The van der Waals surface area contributed by atoms with Crippen LogP contribution in [0.25, 0.3) is 0 Å². The fraction of sp³-hybridized carbons (Fsp3) is 0.600. The molecule has 0 aliphatic carbocycles. The van der Waals surface area contributed by atoms with Gasteiger partial charge in [0.1, 0.15) is 6.73 Å². The van der Waals surface area contributed by atoms with Crippen LogP contribution in [0.3, 0.4) is 0 Å². The molecule has 0 saturated carbocycles. The van der Waals surface area contributed by atoms with Gasteiger partial charge in [0, 0.05) is 33.1 Å². The van der Waals surface area contributed by atoms with Crippen LogP contribution in [0, 0.1) is 0 Å². The monoisotopic (exact) mass is 212 g/mol. The molecule has 1 amide bonds. The molecule has 1 heterocycles. The third kappa shape index (κ3) is 3.71. The van der Waals surface area contributed by atoms with Gasteiger partial charge in [0.25, 0.3) is 0 Å². The van der Waals surface area contributed by atoms with Gasteiger partial charge in [-0.1, -0.05) is 6.58 Å². The highest BCUT2D eigenvalue weighted by Crippen LogP contribution is 2.02. The molecule has 1 fully saturated rings. The SMILES string of the molecule is C=CC(=O)N1CCN(COC(C)=O)CC1. The van der Waals surface area contributed by atoms with Crippen molar-refractivity contribution >= 4 is 11.9 Å². The van der Waals surface area contributed by atoms with E-state index in [0.29, 0.717) is 19.8 Å². The predicted molar refractivity (Wildman–Crippen MR) is 55.0 cm³/mol. The smallest absolute Gasteiger partial charge is 0.303 e. The Hall–Kier alpha value is -1.36. The molecule has 0 unspecified atom stereocenters. The number of ether oxygens (including phenoxy) is 1. The molecule has 0 aromatic carbocycles. The number of nitrogens with zero attached hydrogens (tertiary/aromatic N) is 2. The second-order valence-corrected chi connectivity index (χ2v) is 3.41. The highest BCUT2D eigenvalue weighted by molar-refractivity contribution is 5.87. The number of carbonyl (C=O) groups excluding carboxylic acids is 2. The molecule has 15 heavy (non-hydrogen) atoms. The first-order valence-electron chi connectivity index (χ1n) is 4.90. The lowest BCUT2D eigenvalue weighted by atomic mass is 10.3. The van der Waals surface area contributed by atoms with Gasteiger partial charge >= 0.3 is 5.97 Å². The van der Waals surface area contributed by atoms with Gasteiger partial charge in [-0.3, -0.25) is 14.5 Å². The van der Waals surface area contributed by atoms with Crippen molar-refractivity contribution in [2.45, 2.75) is 6.92 Å². The van der Waals surface area contributed by atoms with E-state index in [1.54, 1.807) is 4.90 Å². The van der Waals surface area contributed by atoms with Crippen molar-refractivity contribution in [3.63, 3.8) is 0 Å². The Balaban J connectivity index is 2.26. The van der Waals surface area contributed by atoms with Crippen LogP contribution in [-0.4, -0.2) is 54.6 Å². The topological polar surface area (TPSA) is 49.9 Å². The lowest BCUT2D eigenvalue weighted by Crippen LogP contribution is -2.48. The molecule has 0 atom stereocenters. The van der Waals surface area contributed by atoms with Gasteiger partial charge < -0.3 is 9.64 Å². The predicted octanol–water partition coefficient (Wildman–Crippen LogP) is -0.163. The molecule has 0 radical (unpaired) electrons. The summed E-state index contributed by atoms with van der Waals surface area (Å²) in [6.07, 6.45) is 1.32. The van der Waals surface area contributed by atoms with Gasteiger partial charge in [-0.25, -0.2) is 0 Å². The zero-order valence-electron chi connectivity index (χ0n) is 8.94. The molecule has 1 saturated heterocycles. The number of amides is 1. The quantitative estimate of drug-likeness (QED) is 0.482. The summed E-state index contributed by atoms with van der Waals surface area (Å²) in [5.74, 6) is -0.318. The van der Waals surface area contributed by atoms with E-state index in [-0.39, 0.29) is 11.9 Å². The first-order valence-corrected chi connectivity index (χ1v) is 4.90. The minimum absolute atomic E-state index is 0.0397. The average Bonchev–Trinajstić information content (AvgIpc) is 2.26. The van der Waals surface area contributed by atoms with E-state index in [2.05, 4.69) is 6.58 Å². The maximum Gasteiger partial charge on any atom is 0.303 e. The fourth-order valence-corrected chi connectivity index (χ4v) is 1.41. The van der Waals surface area contributed by atoms with Crippen LogP contribution in [0.1, 0.15) is 6.92 Å². The number of esters is 1. The number of hydrogen-bond acceptors (Lipinski definition) is 4. The minimum atomic E-state index is -0.278. The van der Waals surface area contributed by atoms with Gasteiger partial charge in [0.15, 0.2) is 0 Å². The van der Waals surface area contributed by atoms with Crippen LogP contribution in [0.2, 0.25) is 0 Å². The molecule has 0 aromatic heterocycles. The molecule has 1 aliphatic heterocycles. The van der Waals surface area contributed by atoms with E-state index in [1.807, 2.05) is 4.90 Å². The summed E-state index contributed by atoms with van der Waals surface area (Å²) in [7, 11) is 0. The lowest BCUT2D eigenvalue weighted by molar-refractivity contribution is -0.147. The van der Waals surface area contributed by atoms with Crippen molar-refractivity contribution in [1.29, 1.82) is 0 Å². The normalized spacial score (nSPS) is 17.3. The van der Waals surface area contributed by atoms with Gasteiger partial charge in [-0.05, 0) is 6.08 Å². The Kier molecular flexibility index (Phi) is 4.30. The van der Waals surface area contributed by atoms with Crippen LogP contribution in [0.5, 0.6) is 0 Å². The van der Waals surface area contributed by atoms with Crippen molar-refractivity contribution in [2.24, 2.45) is 0 Å². The Labute approximate surface area is 89.3 Å². The molecule has 0 spiro atoms. The molecule has 0 aromatic rings. The van der Waals surface area contributed by atoms with Gasteiger partial charge in [-0.2, -0.15) is 0 Å². The summed E-state index contributed by atoms with van der Waals surface area (Å²) in [6, 6.07) is 0. The molecule has 5 nitrogen and oxygen atoms in total. The zero-order valence-corrected chi connectivity index (χ0v) is 8.94. The van der Waals surface area contributed by atoms with Crippen LogP contribution in [0.4, 0.5) is 0 Å². The van der Waals surface area contributed by atoms with Crippen LogP contribution in [-0.2, 0) is 14.3 Å². The Bertz CT molecular complexity index is 257. The number of hydrogen-bond donors (Lipinski definition) is 0.